The van der Waals surface area contributed by atoms with Gasteiger partial charge < -0.3 is 9.47 Å². The smallest absolute Gasteiger partial charge is 0.186 e. The summed E-state index contributed by atoms with van der Waals surface area (Å²) in [6.07, 6.45) is 0. The van der Waals surface area contributed by atoms with E-state index in [1.165, 1.54) is 23.5 Å². The van der Waals surface area contributed by atoms with E-state index in [1.807, 2.05) is 60.5 Å². The number of carbonyl (C=O) groups is 1. The third-order valence-electron chi connectivity index (χ3n) is 4.61. The number of para-hydroxylation sites is 3. The predicted octanol–water partition coefficient (Wildman–Crippen LogP) is 4.69. The molecule has 3 aromatic rings. The van der Waals surface area contributed by atoms with E-state index in [2.05, 4.69) is 22.5 Å². The van der Waals surface area contributed by atoms with Crippen LogP contribution in [-0.2, 0) is 11.3 Å². The molecule has 2 aromatic carbocycles. The van der Waals surface area contributed by atoms with Crippen LogP contribution >= 0.6 is 23.5 Å². The average molecular weight is 407 g/mol. The van der Waals surface area contributed by atoms with Gasteiger partial charge in [0.1, 0.15) is 16.7 Å². The first-order valence-corrected chi connectivity index (χ1v) is 10.7. The summed E-state index contributed by atoms with van der Waals surface area (Å²) in [5.74, 6) is 0.00450. The number of hydrogen-bond acceptors (Lipinski definition) is 6. The predicted molar refractivity (Wildman–Crippen MR) is 114 cm³/mol. The highest BCUT2D eigenvalue weighted by atomic mass is 32.2. The van der Waals surface area contributed by atoms with Crippen LogP contribution in [-0.4, -0.2) is 28.1 Å². The number of aromatic nitrogens is 2. The SMILES string of the molecule is CCn1c(SCC(=O)/C(C#N)=C2\Sc3ccccc3N2C)nc2ccccc21. The molecule has 0 unspecified atom stereocenters. The van der Waals surface area contributed by atoms with Crippen LogP contribution in [0.3, 0.4) is 0 Å². The molecule has 0 saturated heterocycles. The fourth-order valence-electron chi connectivity index (χ4n) is 3.22. The van der Waals surface area contributed by atoms with Gasteiger partial charge in [0, 0.05) is 18.5 Å². The number of benzene rings is 2. The molecule has 0 aliphatic carbocycles. The van der Waals surface area contributed by atoms with Crippen LogP contribution in [0.25, 0.3) is 11.0 Å². The first-order chi connectivity index (χ1) is 13.6. The van der Waals surface area contributed by atoms with Crippen molar-refractivity contribution >= 4 is 46.0 Å². The van der Waals surface area contributed by atoms with Gasteiger partial charge in [-0.15, -0.1) is 0 Å². The number of rotatable bonds is 5. The number of anilines is 1. The van der Waals surface area contributed by atoms with Crippen molar-refractivity contribution in [2.75, 3.05) is 17.7 Å². The molecule has 1 aliphatic rings. The highest BCUT2D eigenvalue weighted by Crippen LogP contribution is 2.46. The Kier molecular flexibility index (Phi) is 5.16. The Morgan fingerprint density at radius 2 is 1.96 bits per heavy atom. The zero-order valence-corrected chi connectivity index (χ0v) is 17.2. The minimum Gasteiger partial charge on any atom is -0.337 e. The molecule has 0 N–H and O–H groups in total. The third-order valence-corrected chi connectivity index (χ3v) is 6.82. The monoisotopic (exact) mass is 406 g/mol. The second-order valence-corrected chi connectivity index (χ2v) is 8.23. The fourth-order valence-corrected chi connectivity index (χ4v) is 5.33. The van der Waals surface area contributed by atoms with Gasteiger partial charge in [0.05, 0.1) is 22.5 Å². The summed E-state index contributed by atoms with van der Waals surface area (Å²) in [7, 11) is 1.89. The lowest BCUT2D eigenvalue weighted by molar-refractivity contribution is -0.112. The summed E-state index contributed by atoms with van der Waals surface area (Å²) in [4.78, 5) is 20.5. The van der Waals surface area contributed by atoms with Gasteiger partial charge >= 0.3 is 0 Å². The Hall–Kier alpha value is -2.69. The molecule has 1 aliphatic heterocycles. The number of carbonyl (C=O) groups excluding carboxylic acids is 1. The molecular weight excluding hydrogens is 388 g/mol. The van der Waals surface area contributed by atoms with Gasteiger partial charge in [0.25, 0.3) is 0 Å². The van der Waals surface area contributed by atoms with E-state index in [-0.39, 0.29) is 17.1 Å². The van der Waals surface area contributed by atoms with E-state index >= 15 is 0 Å². The highest BCUT2D eigenvalue weighted by molar-refractivity contribution is 8.03. The summed E-state index contributed by atoms with van der Waals surface area (Å²) in [5, 5.41) is 11.2. The molecular formula is C21H18N4OS2. The number of allylic oxidation sites excluding steroid dienone is 1. The molecule has 0 saturated carbocycles. The van der Waals surface area contributed by atoms with E-state index in [1.54, 1.807) is 0 Å². The van der Waals surface area contributed by atoms with Gasteiger partial charge in [0.15, 0.2) is 10.9 Å². The zero-order chi connectivity index (χ0) is 19.7. The van der Waals surface area contributed by atoms with Gasteiger partial charge in [-0.05, 0) is 31.2 Å². The lowest BCUT2D eigenvalue weighted by Gasteiger charge is -2.14. The van der Waals surface area contributed by atoms with E-state index in [0.717, 1.165) is 33.3 Å². The van der Waals surface area contributed by atoms with Crippen molar-refractivity contribution in [1.82, 2.24) is 9.55 Å². The maximum Gasteiger partial charge on any atom is 0.186 e. The van der Waals surface area contributed by atoms with Crippen molar-refractivity contribution in [3.05, 3.63) is 59.1 Å². The number of aryl methyl sites for hydroxylation is 1. The Morgan fingerprint density at radius 3 is 2.71 bits per heavy atom. The molecule has 140 valence electrons. The van der Waals surface area contributed by atoms with E-state index in [9.17, 15) is 10.1 Å². The standard InChI is InChI=1S/C21H18N4OS2/c1-3-25-16-9-5-4-8-15(16)23-21(25)27-13-18(26)14(12-22)20-24(2)17-10-6-7-11-19(17)28-20/h4-11H,3,13H2,1-2H3/b20-14-. The number of fused-ring (bicyclic) bond motifs is 2. The maximum atomic E-state index is 12.9. The molecule has 2 heterocycles. The van der Waals surface area contributed by atoms with Crippen molar-refractivity contribution in [3.8, 4) is 6.07 Å². The van der Waals surface area contributed by atoms with Gasteiger partial charge in [-0.2, -0.15) is 5.26 Å². The minimum atomic E-state index is -0.177. The summed E-state index contributed by atoms with van der Waals surface area (Å²) in [5.41, 5.74) is 3.19. The Bertz CT molecular complexity index is 1140. The van der Waals surface area contributed by atoms with E-state index in [0.29, 0.717) is 5.03 Å². The average Bonchev–Trinajstić information content (AvgIpc) is 3.25. The third kappa shape index (κ3) is 3.19. The Labute approximate surface area is 172 Å². The molecule has 0 spiro atoms. The topological polar surface area (TPSA) is 61.9 Å². The Morgan fingerprint density at radius 1 is 1.21 bits per heavy atom. The molecule has 28 heavy (non-hydrogen) atoms. The number of hydrogen-bond donors (Lipinski definition) is 0. The summed E-state index contributed by atoms with van der Waals surface area (Å²) >= 11 is 2.85. The normalized spacial score (nSPS) is 14.8. The molecule has 7 heteroatoms. The number of nitriles is 1. The highest BCUT2D eigenvalue weighted by Gasteiger charge is 2.28. The molecule has 0 bridgehead atoms. The van der Waals surface area contributed by atoms with Gasteiger partial charge in [-0.1, -0.05) is 47.8 Å². The molecule has 0 radical (unpaired) electrons. The van der Waals surface area contributed by atoms with Crippen molar-refractivity contribution in [3.63, 3.8) is 0 Å². The van der Waals surface area contributed by atoms with Crippen molar-refractivity contribution in [2.24, 2.45) is 0 Å². The van der Waals surface area contributed by atoms with E-state index < -0.39 is 0 Å². The summed E-state index contributed by atoms with van der Waals surface area (Å²) in [6, 6.07) is 18.0. The van der Waals surface area contributed by atoms with Gasteiger partial charge in [-0.3, -0.25) is 4.79 Å². The second kappa shape index (κ2) is 7.74. The molecule has 4 rings (SSSR count). The van der Waals surface area contributed by atoms with Crippen LogP contribution in [0.5, 0.6) is 0 Å². The minimum absolute atomic E-state index is 0.177. The first-order valence-electron chi connectivity index (χ1n) is 8.90. The van der Waals surface area contributed by atoms with Crippen LogP contribution in [0.1, 0.15) is 6.92 Å². The molecule has 5 nitrogen and oxygen atoms in total. The number of thioether (sulfide) groups is 2. The lowest BCUT2D eigenvalue weighted by Crippen LogP contribution is -2.16. The number of Topliss-reactive ketones (excluding diaryl/α,β-unsaturated/α-hetero) is 1. The lowest BCUT2D eigenvalue weighted by atomic mass is 10.2. The largest absolute Gasteiger partial charge is 0.337 e. The first kappa shape index (κ1) is 18.7. The molecule has 0 atom stereocenters. The van der Waals surface area contributed by atoms with Crippen molar-refractivity contribution in [1.29, 1.82) is 5.26 Å². The van der Waals surface area contributed by atoms with E-state index in [4.69, 9.17) is 0 Å². The van der Waals surface area contributed by atoms with Gasteiger partial charge in [-0.25, -0.2) is 4.98 Å². The van der Waals surface area contributed by atoms with Crippen LogP contribution in [0, 0.1) is 11.3 Å². The quantitative estimate of drug-likeness (QED) is 0.348. The van der Waals surface area contributed by atoms with Crippen LogP contribution in [0.2, 0.25) is 0 Å². The van der Waals surface area contributed by atoms with Crippen LogP contribution < -0.4 is 4.90 Å². The summed E-state index contributed by atoms with van der Waals surface area (Å²) in [6.45, 7) is 2.83. The van der Waals surface area contributed by atoms with Crippen LogP contribution in [0.15, 0.2) is 69.2 Å². The maximum absolute atomic E-state index is 12.9. The fraction of sp³-hybridized carbons (Fsp3) is 0.190. The Balaban J connectivity index is 1.58. The van der Waals surface area contributed by atoms with Crippen molar-refractivity contribution < 1.29 is 4.79 Å². The number of nitrogens with zero attached hydrogens (tertiary/aromatic N) is 4. The molecule has 0 fully saturated rings. The summed E-state index contributed by atoms with van der Waals surface area (Å²) < 4.78 is 2.10. The molecule has 0 amide bonds. The zero-order valence-electron chi connectivity index (χ0n) is 15.5. The van der Waals surface area contributed by atoms with Gasteiger partial charge in [0.2, 0.25) is 0 Å². The van der Waals surface area contributed by atoms with Crippen LogP contribution in [0.4, 0.5) is 5.69 Å². The number of imidazole rings is 1. The molecule has 1 aromatic heterocycles. The van der Waals surface area contributed by atoms with Crippen molar-refractivity contribution in [2.45, 2.75) is 23.5 Å². The second-order valence-electron chi connectivity index (χ2n) is 6.26. The number of ketones is 1.